The number of carbonyl (C=O) groups excluding carboxylic acids is 1. The highest BCUT2D eigenvalue weighted by molar-refractivity contribution is 6.04. The van der Waals surface area contributed by atoms with Crippen LogP contribution in [0.3, 0.4) is 0 Å². The van der Waals surface area contributed by atoms with Gasteiger partial charge in [-0.05, 0) is 12.1 Å². The van der Waals surface area contributed by atoms with Crippen LogP contribution in [-0.2, 0) is 4.74 Å². The van der Waals surface area contributed by atoms with Crippen LogP contribution in [0.5, 0.6) is 5.75 Å². The van der Waals surface area contributed by atoms with Gasteiger partial charge < -0.3 is 14.0 Å². The molecule has 5 heteroatoms. The molecule has 1 heterocycles. The van der Waals surface area contributed by atoms with E-state index in [4.69, 9.17) is 9.47 Å². The summed E-state index contributed by atoms with van der Waals surface area (Å²) in [4.78, 5) is 11.9. The SMILES string of the molecule is COC(=O)c1cn(-c2cc(F)cc(OC)c2)c2ccccc12. The summed E-state index contributed by atoms with van der Waals surface area (Å²) in [7, 11) is 2.81. The number of methoxy groups -OCH3 is 2. The Balaban J connectivity index is 2.27. The van der Waals surface area contributed by atoms with Gasteiger partial charge in [0.1, 0.15) is 11.6 Å². The average molecular weight is 299 g/mol. The van der Waals surface area contributed by atoms with E-state index < -0.39 is 11.8 Å². The third-order valence-corrected chi connectivity index (χ3v) is 3.49. The Bertz CT molecular complexity index is 854. The Morgan fingerprint density at radius 3 is 2.64 bits per heavy atom. The van der Waals surface area contributed by atoms with Gasteiger partial charge in [-0.25, -0.2) is 9.18 Å². The molecule has 0 spiro atoms. The Labute approximate surface area is 126 Å². The van der Waals surface area contributed by atoms with Crippen LogP contribution >= 0.6 is 0 Å². The van der Waals surface area contributed by atoms with Crippen molar-refractivity contribution < 1.29 is 18.7 Å². The number of rotatable bonds is 3. The molecule has 0 radical (unpaired) electrons. The lowest BCUT2D eigenvalue weighted by atomic mass is 10.2. The number of hydrogen-bond acceptors (Lipinski definition) is 3. The van der Waals surface area contributed by atoms with Crippen LogP contribution in [0, 0.1) is 5.82 Å². The molecule has 4 nitrogen and oxygen atoms in total. The lowest BCUT2D eigenvalue weighted by molar-refractivity contribution is 0.0603. The van der Waals surface area contributed by atoms with Gasteiger partial charge in [0, 0.05) is 23.7 Å². The van der Waals surface area contributed by atoms with E-state index >= 15 is 0 Å². The third-order valence-electron chi connectivity index (χ3n) is 3.49. The van der Waals surface area contributed by atoms with Crippen molar-refractivity contribution in [3.05, 3.63) is 60.0 Å². The van der Waals surface area contributed by atoms with Gasteiger partial charge in [0.25, 0.3) is 0 Å². The van der Waals surface area contributed by atoms with Gasteiger partial charge in [0.2, 0.25) is 0 Å². The minimum Gasteiger partial charge on any atom is -0.497 e. The largest absolute Gasteiger partial charge is 0.497 e. The zero-order chi connectivity index (χ0) is 15.7. The van der Waals surface area contributed by atoms with Crippen molar-refractivity contribution in [2.75, 3.05) is 14.2 Å². The first-order chi connectivity index (χ1) is 10.6. The van der Waals surface area contributed by atoms with Crippen LogP contribution in [-0.4, -0.2) is 24.8 Å². The molecule has 0 saturated heterocycles. The average Bonchev–Trinajstić information content (AvgIpc) is 2.93. The third kappa shape index (κ3) is 2.30. The summed E-state index contributed by atoms with van der Waals surface area (Å²) in [6, 6.07) is 11.8. The Kier molecular flexibility index (Phi) is 3.55. The molecule has 0 aliphatic rings. The minimum atomic E-state index is -0.432. The van der Waals surface area contributed by atoms with Crippen LogP contribution in [0.25, 0.3) is 16.6 Å². The van der Waals surface area contributed by atoms with Gasteiger partial charge in [0.15, 0.2) is 0 Å². The number of halogens is 1. The summed E-state index contributed by atoms with van der Waals surface area (Å²) < 4.78 is 25.4. The molecule has 112 valence electrons. The first-order valence-electron chi connectivity index (χ1n) is 6.67. The van der Waals surface area contributed by atoms with E-state index in [1.807, 2.05) is 24.3 Å². The van der Waals surface area contributed by atoms with E-state index in [2.05, 4.69) is 0 Å². The number of benzene rings is 2. The molecule has 0 N–H and O–H groups in total. The summed E-state index contributed by atoms with van der Waals surface area (Å²) in [6.07, 6.45) is 1.64. The highest BCUT2D eigenvalue weighted by atomic mass is 19.1. The lowest BCUT2D eigenvalue weighted by Gasteiger charge is -2.08. The second kappa shape index (κ2) is 5.52. The number of aromatic nitrogens is 1. The van der Waals surface area contributed by atoms with Crippen LogP contribution in [0.2, 0.25) is 0 Å². The molecule has 0 saturated carbocycles. The molecule has 1 aromatic heterocycles. The fourth-order valence-corrected chi connectivity index (χ4v) is 2.47. The molecule has 0 unspecified atom stereocenters. The minimum absolute atomic E-state index is 0.410. The zero-order valence-electron chi connectivity index (χ0n) is 12.2. The van der Waals surface area contributed by atoms with E-state index in [0.29, 0.717) is 17.0 Å². The van der Waals surface area contributed by atoms with Gasteiger partial charge in [-0.3, -0.25) is 0 Å². The fourth-order valence-electron chi connectivity index (χ4n) is 2.47. The number of esters is 1. The highest BCUT2D eigenvalue weighted by Crippen LogP contribution is 2.27. The molecule has 0 amide bonds. The van der Waals surface area contributed by atoms with E-state index in [0.717, 1.165) is 10.9 Å². The number of hydrogen-bond donors (Lipinski definition) is 0. The van der Waals surface area contributed by atoms with Crippen molar-refractivity contribution in [1.82, 2.24) is 4.57 Å². The molecule has 3 rings (SSSR count). The van der Waals surface area contributed by atoms with Crippen molar-refractivity contribution in [1.29, 1.82) is 0 Å². The lowest BCUT2D eigenvalue weighted by Crippen LogP contribution is -2.00. The van der Waals surface area contributed by atoms with Gasteiger partial charge in [-0.1, -0.05) is 18.2 Å². The predicted molar refractivity (Wildman–Crippen MR) is 81.1 cm³/mol. The number of carbonyl (C=O) groups is 1. The Morgan fingerprint density at radius 1 is 1.14 bits per heavy atom. The molecule has 2 aromatic carbocycles. The number of para-hydroxylation sites is 1. The molecule has 0 aliphatic heterocycles. The van der Waals surface area contributed by atoms with E-state index in [1.54, 1.807) is 16.8 Å². The molecule has 0 aliphatic carbocycles. The van der Waals surface area contributed by atoms with Crippen molar-refractivity contribution in [2.24, 2.45) is 0 Å². The molecular weight excluding hydrogens is 285 g/mol. The Hall–Kier alpha value is -2.82. The second-order valence-corrected chi connectivity index (χ2v) is 4.77. The molecule has 0 fully saturated rings. The maximum Gasteiger partial charge on any atom is 0.340 e. The molecule has 22 heavy (non-hydrogen) atoms. The molecule has 0 bridgehead atoms. The molecular formula is C17H14FNO3. The quantitative estimate of drug-likeness (QED) is 0.694. The Morgan fingerprint density at radius 2 is 1.91 bits per heavy atom. The fraction of sp³-hybridized carbons (Fsp3) is 0.118. The van der Waals surface area contributed by atoms with Crippen LogP contribution < -0.4 is 4.74 Å². The van der Waals surface area contributed by atoms with Crippen molar-refractivity contribution in [3.63, 3.8) is 0 Å². The summed E-state index contributed by atoms with van der Waals surface area (Å²) in [5, 5.41) is 0.748. The van der Waals surface area contributed by atoms with Crippen LogP contribution in [0.1, 0.15) is 10.4 Å². The first kappa shape index (κ1) is 14.1. The number of ether oxygens (including phenoxy) is 2. The predicted octanol–water partition coefficient (Wildman–Crippen LogP) is 3.56. The summed E-state index contributed by atoms with van der Waals surface area (Å²) in [5.41, 5.74) is 1.79. The highest BCUT2D eigenvalue weighted by Gasteiger charge is 2.16. The van der Waals surface area contributed by atoms with Gasteiger partial charge >= 0.3 is 5.97 Å². The van der Waals surface area contributed by atoms with Crippen molar-refractivity contribution in [3.8, 4) is 11.4 Å². The zero-order valence-corrected chi connectivity index (χ0v) is 12.2. The normalized spacial score (nSPS) is 10.7. The smallest absolute Gasteiger partial charge is 0.340 e. The maximum absolute atomic E-state index is 13.7. The molecule has 0 atom stereocenters. The molecule has 3 aromatic rings. The van der Waals surface area contributed by atoms with E-state index in [9.17, 15) is 9.18 Å². The van der Waals surface area contributed by atoms with Crippen molar-refractivity contribution in [2.45, 2.75) is 0 Å². The van der Waals surface area contributed by atoms with Gasteiger partial charge in [0.05, 0.1) is 31.0 Å². The van der Waals surface area contributed by atoms with Gasteiger partial charge in [-0.15, -0.1) is 0 Å². The summed E-state index contributed by atoms with van der Waals surface area (Å²) in [5.74, 6) is -0.433. The number of nitrogens with zero attached hydrogens (tertiary/aromatic N) is 1. The monoisotopic (exact) mass is 299 g/mol. The van der Waals surface area contributed by atoms with E-state index in [1.165, 1.54) is 26.4 Å². The summed E-state index contributed by atoms with van der Waals surface area (Å²) >= 11 is 0. The van der Waals surface area contributed by atoms with Crippen LogP contribution in [0.4, 0.5) is 4.39 Å². The first-order valence-corrected chi connectivity index (χ1v) is 6.67. The standard InChI is InChI=1S/C17H14FNO3/c1-21-13-8-11(18)7-12(9-13)19-10-15(17(20)22-2)14-5-3-4-6-16(14)19/h3-10H,1-2H3. The van der Waals surface area contributed by atoms with E-state index in [-0.39, 0.29) is 0 Å². The topological polar surface area (TPSA) is 40.5 Å². The number of fused-ring (bicyclic) bond motifs is 1. The maximum atomic E-state index is 13.7. The summed E-state index contributed by atoms with van der Waals surface area (Å²) in [6.45, 7) is 0. The van der Waals surface area contributed by atoms with Crippen molar-refractivity contribution >= 4 is 16.9 Å². The van der Waals surface area contributed by atoms with Gasteiger partial charge in [-0.2, -0.15) is 0 Å². The second-order valence-electron chi connectivity index (χ2n) is 4.77. The van der Waals surface area contributed by atoms with Crippen LogP contribution in [0.15, 0.2) is 48.7 Å².